The molecule has 1 aromatic carbocycles. The van der Waals surface area contributed by atoms with Gasteiger partial charge in [-0.3, -0.25) is 0 Å². The van der Waals surface area contributed by atoms with Gasteiger partial charge in [0.25, 0.3) is 0 Å². The van der Waals surface area contributed by atoms with Gasteiger partial charge in [-0.2, -0.15) is 17.5 Å². The van der Waals surface area contributed by atoms with Gasteiger partial charge >= 0.3 is 6.18 Å². The SMILES string of the molecule is O=S(=O)(c1ccc(SCc2cccc(C(F)(F)F)c2)nc1)N1CCOCC1. The van der Waals surface area contributed by atoms with E-state index in [2.05, 4.69) is 4.98 Å². The van der Waals surface area contributed by atoms with Crippen molar-refractivity contribution in [2.45, 2.75) is 21.9 Å². The number of thioether (sulfide) groups is 1. The highest BCUT2D eigenvalue weighted by Gasteiger charge is 2.30. The molecule has 3 rings (SSSR count). The van der Waals surface area contributed by atoms with E-state index in [0.29, 0.717) is 42.6 Å². The molecule has 0 atom stereocenters. The molecule has 0 N–H and O–H groups in total. The first-order valence-electron chi connectivity index (χ1n) is 8.10. The van der Waals surface area contributed by atoms with E-state index < -0.39 is 21.8 Å². The van der Waals surface area contributed by atoms with Gasteiger partial charge in [0.2, 0.25) is 10.0 Å². The zero-order valence-electron chi connectivity index (χ0n) is 14.1. The molecule has 1 aliphatic heterocycles. The molecular formula is C17H17F3N2O3S2. The summed E-state index contributed by atoms with van der Waals surface area (Å²) < 4.78 is 69.8. The number of pyridine rings is 1. The summed E-state index contributed by atoms with van der Waals surface area (Å²) in [6, 6.07) is 8.13. The molecule has 1 aromatic heterocycles. The third-order valence-electron chi connectivity index (χ3n) is 3.96. The van der Waals surface area contributed by atoms with Gasteiger partial charge in [-0.1, -0.05) is 18.2 Å². The fourth-order valence-electron chi connectivity index (χ4n) is 2.54. The van der Waals surface area contributed by atoms with Crippen LogP contribution in [0.1, 0.15) is 11.1 Å². The molecular weight excluding hydrogens is 401 g/mol. The number of sulfonamides is 1. The summed E-state index contributed by atoms with van der Waals surface area (Å²) in [4.78, 5) is 4.22. The molecule has 0 radical (unpaired) electrons. The van der Waals surface area contributed by atoms with Gasteiger partial charge in [0.05, 0.1) is 23.8 Å². The molecule has 1 saturated heterocycles. The van der Waals surface area contributed by atoms with Crippen molar-refractivity contribution in [1.29, 1.82) is 0 Å². The number of halogens is 3. The highest BCUT2D eigenvalue weighted by molar-refractivity contribution is 7.98. The summed E-state index contributed by atoms with van der Waals surface area (Å²) in [6.45, 7) is 1.32. The second kappa shape index (κ2) is 8.17. The Morgan fingerprint density at radius 3 is 2.52 bits per heavy atom. The van der Waals surface area contributed by atoms with Crippen molar-refractivity contribution in [3.8, 4) is 0 Å². The lowest BCUT2D eigenvalue weighted by Crippen LogP contribution is -2.40. The normalized spacial score (nSPS) is 16.4. The van der Waals surface area contributed by atoms with E-state index in [1.54, 1.807) is 12.1 Å². The summed E-state index contributed by atoms with van der Waals surface area (Å²) in [7, 11) is -3.61. The first-order valence-corrected chi connectivity index (χ1v) is 10.5. The molecule has 2 aromatic rings. The minimum atomic E-state index is -4.38. The molecule has 0 unspecified atom stereocenters. The number of benzene rings is 1. The van der Waals surface area contributed by atoms with Crippen molar-refractivity contribution in [3.05, 3.63) is 53.7 Å². The van der Waals surface area contributed by atoms with Gasteiger partial charge in [-0.15, -0.1) is 11.8 Å². The number of morpholine rings is 1. The first kappa shape index (κ1) is 20.1. The van der Waals surface area contributed by atoms with Crippen LogP contribution in [-0.4, -0.2) is 44.0 Å². The Balaban J connectivity index is 1.66. The molecule has 0 amide bonds. The minimum absolute atomic E-state index is 0.0906. The number of rotatable bonds is 5. The lowest BCUT2D eigenvalue weighted by molar-refractivity contribution is -0.137. The lowest BCUT2D eigenvalue weighted by atomic mass is 10.1. The number of hydrogen-bond acceptors (Lipinski definition) is 5. The largest absolute Gasteiger partial charge is 0.416 e. The summed E-state index contributed by atoms with van der Waals surface area (Å²) in [5, 5.41) is 0.535. The molecule has 0 saturated carbocycles. The summed E-state index contributed by atoms with van der Waals surface area (Å²) >= 11 is 1.24. The van der Waals surface area contributed by atoms with E-state index in [4.69, 9.17) is 4.74 Å². The molecule has 27 heavy (non-hydrogen) atoms. The second-order valence-electron chi connectivity index (χ2n) is 5.84. The van der Waals surface area contributed by atoms with Crippen LogP contribution in [0, 0.1) is 0 Å². The minimum Gasteiger partial charge on any atom is -0.379 e. The summed E-state index contributed by atoms with van der Waals surface area (Å²) in [6.07, 6.45) is -3.10. The van der Waals surface area contributed by atoms with Crippen molar-refractivity contribution < 1.29 is 26.3 Å². The topological polar surface area (TPSA) is 59.5 Å². The fraction of sp³-hybridized carbons (Fsp3) is 0.353. The number of hydrogen-bond donors (Lipinski definition) is 0. The van der Waals surface area contributed by atoms with Crippen molar-refractivity contribution in [1.82, 2.24) is 9.29 Å². The zero-order chi connectivity index (χ0) is 19.5. The highest BCUT2D eigenvalue weighted by atomic mass is 32.2. The van der Waals surface area contributed by atoms with Crippen LogP contribution in [0.3, 0.4) is 0 Å². The third-order valence-corrected chi connectivity index (χ3v) is 6.86. The Morgan fingerprint density at radius 2 is 1.89 bits per heavy atom. The standard InChI is InChI=1S/C17H17F3N2O3S2/c18-17(19,20)14-3-1-2-13(10-14)12-26-16-5-4-15(11-21-16)27(23,24)22-6-8-25-9-7-22/h1-5,10-11H,6-9,12H2. The predicted octanol–water partition coefficient (Wildman–Crippen LogP) is 3.41. The van der Waals surface area contributed by atoms with Crippen molar-refractivity contribution in [3.63, 3.8) is 0 Å². The molecule has 2 heterocycles. The number of ether oxygens (including phenoxy) is 1. The van der Waals surface area contributed by atoms with Crippen LogP contribution in [0.5, 0.6) is 0 Å². The second-order valence-corrected chi connectivity index (χ2v) is 8.77. The van der Waals surface area contributed by atoms with Gasteiger partial charge in [0.1, 0.15) is 4.90 Å². The average molecular weight is 418 g/mol. The summed E-state index contributed by atoms with van der Waals surface area (Å²) in [5.41, 5.74) is -0.179. The Morgan fingerprint density at radius 1 is 1.15 bits per heavy atom. The molecule has 1 aliphatic rings. The van der Waals surface area contributed by atoms with E-state index in [9.17, 15) is 21.6 Å². The van der Waals surface area contributed by atoms with Crippen LogP contribution in [0.25, 0.3) is 0 Å². The number of nitrogens with zero attached hydrogens (tertiary/aromatic N) is 2. The number of alkyl halides is 3. The van der Waals surface area contributed by atoms with Crippen LogP contribution in [-0.2, 0) is 26.7 Å². The third kappa shape index (κ3) is 5.01. The number of aromatic nitrogens is 1. The van der Waals surface area contributed by atoms with Gasteiger partial charge < -0.3 is 4.74 Å². The Bertz CT molecular complexity index is 881. The van der Waals surface area contributed by atoms with Crippen LogP contribution in [0.4, 0.5) is 13.2 Å². The van der Waals surface area contributed by atoms with E-state index >= 15 is 0 Å². The fourth-order valence-corrected chi connectivity index (χ4v) is 4.67. The maximum absolute atomic E-state index is 12.8. The predicted molar refractivity (Wildman–Crippen MR) is 94.8 cm³/mol. The molecule has 1 fully saturated rings. The van der Waals surface area contributed by atoms with Gasteiger partial charge in [0.15, 0.2) is 0 Å². The van der Waals surface area contributed by atoms with E-state index in [0.717, 1.165) is 12.1 Å². The van der Waals surface area contributed by atoms with Crippen molar-refractivity contribution >= 4 is 21.8 Å². The van der Waals surface area contributed by atoms with E-state index in [1.165, 1.54) is 34.4 Å². The molecule has 0 aliphatic carbocycles. The molecule has 10 heteroatoms. The van der Waals surface area contributed by atoms with Crippen LogP contribution >= 0.6 is 11.8 Å². The molecule has 146 valence electrons. The molecule has 0 bridgehead atoms. The van der Waals surface area contributed by atoms with E-state index in [-0.39, 0.29) is 4.90 Å². The first-order chi connectivity index (χ1) is 12.8. The lowest BCUT2D eigenvalue weighted by Gasteiger charge is -2.25. The highest BCUT2D eigenvalue weighted by Crippen LogP contribution is 2.31. The zero-order valence-corrected chi connectivity index (χ0v) is 15.8. The average Bonchev–Trinajstić information content (AvgIpc) is 2.67. The maximum Gasteiger partial charge on any atom is 0.416 e. The maximum atomic E-state index is 12.8. The van der Waals surface area contributed by atoms with Gasteiger partial charge in [0, 0.05) is 25.0 Å². The van der Waals surface area contributed by atoms with Crippen LogP contribution in [0.15, 0.2) is 52.5 Å². The molecule has 5 nitrogen and oxygen atoms in total. The van der Waals surface area contributed by atoms with Gasteiger partial charge in [-0.25, -0.2) is 13.4 Å². The van der Waals surface area contributed by atoms with Crippen LogP contribution in [0.2, 0.25) is 0 Å². The van der Waals surface area contributed by atoms with E-state index in [1.807, 2.05) is 0 Å². The smallest absolute Gasteiger partial charge is 0.379 e. The summed E-state index contributed by atoms with van der Waals surface area (Å²) in [5.74, 6) is 0.298. The monoisotopic (exact) mass is 418 g/mol. The quantitative estimate of drug-likeness (QED) is 0.697. The van der Waals surface area contributed by atoms with Crippen molar-refractivity contribution in [2.24, 2.45) is 0 Å². The Kier molecular flexibility index (Phi) is 6.09. The van der Waals surface area contributed by atoms with Gasteiger partial charge in [-0.05, 0) is 23.8 Å². The Labute approximate surface area is 159 Å². The molecule has 0 spiro atoms. The van der Waals surface area contributed by atoms with Crippen molar-refractivity contribution in [2.75, 3.05) is 26.3 Å². The Hall–Kier alpha value is -1.62. The van der Waals surface area contributed by atoms with Crippen LogP contribution < -0.4 is 0 Å².